The van der Waals surface area contributed by atoms with E-state index in [9.17, 15) is 8.78 Å². The largest absolute Gasteiger partial charge is 0.298 e. The van der Waals surface area contributed by atoms with Gasteiger partial charge in [0, 0.05) is 17.2 Å². The van der Waals surface area contributed by atoms with E-state index in [-0.39, 0.29) is 6.04 Å². The third-order valence-corrected chi connectivity index (χ3v) is 2.99. The lowest BCUT2D eigenvalue weighted by Gasteiger charge is -2.23. The Labute approximate surface area is 103 Å². The predicted octanol–water partition coefficient (Wildman–Crippen LogP) is 2.99. The third kappa shape index (κ3) is 1.76. The van der Waals surface area contributed by atoms with Gasteiger partial charge in [-0.1, -0.05) is 30.3 Å². The van der Waals surface area contributed by atoms with Crippen molar-refractivity contribution in [1.82, 2.24) is 5.43 Å². The molecule has 2 aromatic carbocycles. The number of nitrogens with one attached hydrogen (secondary N) is 1. The van der Waals surface area contributed by atoms with Crippen LogP contribution in [0.15, 0.2) is 47.6 Å². The third-order valence-electron chi connectivity index (χ3n) is 2.99. The second-order valence-electron chi connectivity index (χ2n) is 4.12. The number of nitrogens with zero attached hydrogens (tertiary/aromatic N) is 1. The summed E-state index contributed by atoms with van der Waals surface area (Å²) in [6.07, 6.45) is 1.69. The SMILES string of the molecule is Fc1ccc(C2NN=Cc3ccccc32)c(F)c1. The van der Waals surface area contributed by atoms with Crippen LogP contribution in [-0.2, 0) is 0 Å². The van der Waals surface area contributed by atoms with E-state index in [1.165, 1.54) is 12.1 Å². The number of fused-ring (bicyclic) bond motifs is 1. The number of rotatable bonds is 1. The van der Waals surface area contributed by atoms with Gasteiger partial charge in [-0.25, -0.2) is 8.78 Å². The van der Waals surface area contributed by atoms with Gasteiger partial charge in [-0.3, -0.25) is 5.43 Å². The second kappa shape index (κ2) is 4.22. The fourth-order valence-electron chi connectivity index (χ4n) is 2.11. The van der Waals surface area contributed by atoms with Crippen molar-refractivity contribution in [3.8, 4) is 0 Å². The first-order valence-electron chi connectivity index (χ1n) is 5.58. The number of halogens is 2. The Morgan fingerprint density at radius 1 is 1.00 bits per heavy atom. The van der Waals surface area contributed by atoms with Crippen LogP contribution >= 0.6 is 0 Å². The lowest BCUT2D eigenvalue weighted by atomic mass is 9.94. The zero-order valence-electron chi connectivity index (χ0n) is 9.40. The first-order valence-corrected chi connectivity index (χ1v) is 5.58. The minimum atomic E-state index is -0.580. The van der Waals surface area contributed by atoms with Crippen LogP contribution in [0.4, 0.5) is 8.78 Å². The highest BCUT2D eigenvalue weighted by atomic mass is 19.1. The summed E-state index contributed by atoms with van der Waals surface area (Å²) in [6.45, 7) is 0. The maximum Gasteiger partial charge on any atom is 0.131 e. The molecule has 0 bridgehead atoms. The van der Waals surface area contributed by atoms with Crippen molar-refractivity contribution in [1.29, 1.82) is 0 Å². The van der Waals surface area contributed by atoms with Crippen LogP contribution in [0.2, 0.25) is 0 Å². The van der Waals surface area contributed by atoms with E-state index in [0.717, 1.165) is 17.2 Å². The van der Waals surface area contributed by atoms with Crippen molar-refractivity contribution in [2.75, 3.05) is 0 Å². The summed E-state index contributed by atoms with van der Waals surface area (Å²) >= 11 is 0. The molecule has 1 heterocycles. The van der Waals surface area contributed by atoms with Crippen LogP contribution in [0.25, 0.3) is 0 Å². The molecule has 1 N–H and O–H groups in total. The molecule has 2 nitrogen and oxygen atoms in total. The van der Waals surface area contributed by atoms with Gasteiger partial charge < -0.3 is 0 Å². The number of hydrazone groups is 1. The van der Waals surface area contributed by atoms with Crippen LogP contribution < -0.4 is 5.43 Å². The highest BCUT2D eigenvalue weighted by Gasteiger charge is 2.22. The van der Waals surface area contributed by atoms with E-state index in [0.29, 0.717) is 5.56 Å². The zero-order valence-corrected chi connectivity index (χ0v) is 9.40. The second-order valence-corrected chi connectivity index (χ2v) is 4.12. The summed E-state index contributed by atoms with van der Waals surface area (Å²) in [5.74, 6) is -1.15. The summed E-state index contributed by atoms with van der Waals surface area (Å²) in [5.41, 5.74) is 5.11. The van der Waals surface area contributed by atoms with E-state index in [1.54, 1.807) is 6.21 Å². The Morgan fingerprint density at radius 3 is 2.67 bits per heavy atom. The normalized spacial score (nSPS) is 17.1. The van der Waals surface area contributed by atoms with Gasteiger partial charge in [0.1, 0.15) is 11.6 Å². The van der Waals surface area contributed by atoms with E-state index in [4.69, 9.17) is 0 Å². The lowest BCUT2D eigenvalue weighted by Crippen LogP contribution is -2.23. The first-order chi connectivity index (χ1) is 8.75. The smallest absolute Gasteiger partial charge is 0.131 e. The summed E-state index contributed by atoms with van der Waals surface area (Å²) in [6, 6.07) is 10.8. The van der Waals surface area contributed by atoms with Crippen LogP contribution in [0.3, 0.4) is 0 Å². The molecule has 3 rings (SSSR count). The van der Waals surface area contributed by atoms with Gasteiger partial charge in [0.2, 0.25) is 0 Å². The van der Waals surface area contributed by atoms with Gasteiger partial charge in [0.25, 0.3) is 0 Å². The molecule has 4 heteroatoms. The van der Waals surface area contributed by atoms with Crippen molar-refractivity contribution in [2.24, 2.45) is 5.10 Å². The van der Waals surface area contributed by atoms with Gasteiger partial charge >= 0.3 is 0 Å². The van der Waals surface area contributed by atoms with Gasteiger partial charge in [-0.2, -0.15) is 5.10 Å². The predicted molar refractivity (Wildman–Crippen MR) is 65.4 cm³/mol. The molecular formula is C14H10F2N2. The Bertz CT molecular complexity index is 623. The van der Waals surface area contributed by atoms with Gasteiger partial charge in [-0.05, 0) is 11.6 Å². The molecule has 1 unspecified atom stereocenters. The minimum absolute atomic E-state index is 0.383. The number of hydrogen-bond donors (Lipinski definition) is 1. The molecule has 0 aliphatic carbocycles. The van der Waals surface area contributed by atoms with Gasteiger partial charge in [-0.15, -0.1) is 0 Å². The number of hydrogen-bond acceptors (Lipinski definition) is 2. The molecule has 0 saturated heterocycles. The molecule has 0 fully saturated rings. The van der Waals surface area contributed by atoms with Crippen molar-refractivity contribution in [3.63, 3.8) is 0 Å². The standard InChI is InChI=1S/C14H10F2N2/c15-10-5-6-12(13(16)7-10)14-11-4-2-1-3-9(11)8-17-18-14/h1-8,14,18H. The van der Waals surface area contributed by atoms with E-state index >= 15 is 0 Å². The molecule has 0 saturated carbocycles. The van der Waals surface area contributed by atoms with Crippen molar-refractivity contribution in [2.45, 2.75) is 6.04 Å². The average molecular weight is 244 g/mol. The fourth-order valence-corrected chi connectivity index (χ4v) is 2.11. The zero-order chi connectivity index (χ0) is 12.5. The maximum absolute atomic E-state index is 13.8. The fraction of sp³-hybridized carbons (Fsp3) is 0.0714. The van der Waals surface area contributed by atoms with Crippen molar-refractivity contribution >= 4 is 6.21 Å². The Morgan fingerprint density at radius 2 is 1.83 bits per heavy atom. The average Bonchev–Trinajstić information content (AvgIpc) is 2.38. The molecule has 1 aliphatic rings. The highest BCUT2D eigenvalue weighted by molar-refractivity contribution is 5.83. The molecule has 90 valence electrons. The summed E-state index contributed by atoms with van der Waals surface area (Å²) in [5, 5.41) is 4.00. The van der Waals surface area contributed by atoms with E-state index in [1.807, 2.05) is 24.3 Å². The molecule has 0 radical (unpaired) electrons. The molecule has 2 aromatic rings. The van der Waals surface area contributed by atoms with Crippen LogP contribution in [0.1, 0.15) is 22.7 Å². The van der Waals surface area contributed by atoms with Crippen molar-refractivity contribution in [3.05, 3.63) is 70.8 Å². The monoisotopic (exact) mass is 244 g/mol. The Balaban J connectivity index is 2.11. The number of benzene rings is 2. The highest BCUT2D eigenvalue weighted by Crippen LogP contribution is 2.28. The Hall–Kier alpha value is -2.23. The minimum Gasteiger partial charge on any atom is -0.298 e. The maximum atomic E-state index is 13.8. The summed E-state index contributed by atoms with van der Waals surface area (Å²) in [7, 11) is 0. The quantitative estimate of drug-likeness (QED) is 0.819. The van der Waals surface area contributed by atoms with Crippen LogP contribution in [-0.4, -0.2) is 6.21 Å². The molecule has 0 aromatic heterocycles. The van der Waals surface area contributed by atoms with Gasteiger partial charge in [0.05, 0.1) is 12.3 Å². The molecule has 0 spiro atoms. The summed E-state index contributed by atoms with van der Waals surface area (Å²) < 4.78 is 26.7. The lowest BCUT2D eigenvalue weighted by molar-refractivity contribution is 0.540. The molecule has 0 amide bonds. The molecule has 1 aliphatic heterocycles. The van der Waals surface area contributed by atoms with Crippen molar-refractivity contribution < 1.29 is 8.78 Å². The van der Waals surface area contributed by atoms with Crippen LogP contribution in [0, 0.1) is 11.6 Å². The molecule has 18 heavy (non-hydrogen) atoms. The topological polar surface area (TPSA) is 24.4 Å². The summed E-state index contributed by atoms with van der Waals surface area (Å²) in [4.78, 5) is 0. The van der Waals surface area contributed by atoms with E-state index in [2.05, 4.69) is 10.5 Å². The Kier molecular flexibility index (Phi) is 2.55. The molecule has 1 atom stereocenters. The van der Waals surface area contributed by atoms with Crippen LogP contribution in [0.5, 0.6) is 0 Å². The first kappa shape index (κ1) is 10.9. The van der Waals surface area contributed by atoms with Gasteiger partial charge in [0.15, 0.2) is 0 Å². The van der Waals surface area contributed by atoms with E-state index < -0.39 is 11.6 Å². The molecular weight excluding hydrogens is 234 g/mol.